The van der Waals surface area contributed by atoms with Crippen LogP contribution in [0.1, 0.15) is 44.0 Å². The molecule has 124 valence electrons. The van der Waals surface area contributed by atoms with Gasteiger partial charge in [0, 0.05) is 18.2 Å². The van der Waals surface area contributed by atoms with Gasteiger partial charge in [-0.05, 0) is 44.5 Å². The molecule has 0 heterocycles. The summed E-state index contributed by atoms with van der Waals surface area (Å²) in [7, 11) is -3.56. The molecule has 0 bridgehead atoms. The number of amides is 1. The predicted molar refractivity (Wildman–Crippen MR) is 85.1 cm³/mol. The van der Waals surface area contributed by atoms with Crippen LogP contribution in [0.5, 0.6) is 0 Å². The van der Waals surface area contributed by atoms with E-state index in [2.05, 4.69) is 10.0 Å². The van der Waals surface area contributed by atoms with Crippen molar-refractivity contribution < 1.29 is 18.3 Å². The number of aliphatic hydroxyl groups excluding tert-OH is 1. The molecule has 0 aliphatic carbocycles. The second kappa shape index (κ2) is 8.26. The standard InChI is InChI=1S/C15H24N2O4S/c1-4-5-13(18)10-16-15(19)12-6-8-14(9-7-12)22(20,21)17-11(2)3/h6-9,11,13,17-18H,4-5,10H2,1-3H3,(H,16,19)/t13-/m0/s1. The van der Waals surface area contributed by atoms with Crippen molar-refractivity contribution in [1.82, 2.24) is 10.0 Å². The minimum atomic E-state index is -3.56. The van der Waals surface area contributed by atoms with Crippen LogP contribution in [0, 0.1) is 0 Å². The van der Waals surface area contributed by atoms with Gasteiger partial charge >= 0.3 is 0 Å². The smallest absolute Gasteiger partial charge is 0.251 e. The van der Waals surface area contributed by atoms with Crippen LogP contribution in [0.3, 0.4) is 0 Å². The van der Waals surface area contributed by atoms with Crippen molar-refractivity contribution in [3.8, 4) is 0 Å². The van der Waals surface area contributed by atoms with E-state index in [1.807, 2.05) is 6.92 Å². The highest BCUT2D eigenvalue weighted by Gasteiger charge is 2.16. The van der Waals surface area contributed by atoms with E-state index in [0.29, 0.717) is 12.0 Å². The van der Waals surface area contributed by atoms with Crippen LogP contribution in [-0.4, -0.2) is 38.1 Å². The molecular weight excluding hydrogens is 304 g/mol. The van der Waals surface area contributed by atoms with Gasteiger partial charge in [0.2, 0.25) is 10.0 Å². The summed E-state index contributed by atoms with van der Waals surface area (Å²) < 4.78 is 26.4. The maximum absolute atomic E-state index is 12.0. The minimum absolute atomic E-state index is 0.115. The Labute approximate surface area is 132 Å². The van der Waals surface area contributed by atoms with E-state index < -0.39 is 16.1 Å². The molecule has 0 spiro atoms. The number of carbonyl (C=O) groups excluding carboxylic acids is 1. The summed E-state index contributed by atoms with van der Waals surface area (Å²) in [5, 5.41) is 12.2. The molecule has 22 heavy (non-hydrogen) atoms. The van der Waals surface area contributed by atoms with Crippen molar-refractivity contribution in [2.24, 2.45) is 0 Å². The van der Waals surface area contributed by atoms with E-state index in [0.717, 1.165) is 6.42 Å². The van der Waals surface area contributed by atoms with Crippen LogP contribution in [0.2, 0.25) is 0 Å². The molecule has 1 rings (SSSR count). The molecule has 0 fully saturated rings. The lowest BCUT2D eigenvalue weighted by Gasteiger charge is -2.12. The molecule has 1 atom stereocenters. The first-order valence-corrected chi connectivity index (χ1v) is 8.83. The average molecular weight is 328 g/mol. The van der Waals surface area contributed by atoms with Gasteiger partial charge in [0.25, 0.3) is 5.91 Å². The largest absolute Gasteiger partial charge is 0.391 e. The Morgan fingerprint density at radius 3 is 2.32 bits per heavy atom. The van der Waals surface area contributed by atoms with Crippen molar-refractivity contribution in [2.75, 3.05) is 6.54 Å². The fraction of sp³-hybridized carbons (Fsp3) is 0.533. The highest BCUT2D eigenvalue weighted by Crippen LogP contribution is 2.11. The van der Waals surface area contributed by atoms with Crippen LogP contribution in [0.4, 0.5) is 0 Å². The van der Waals surface area contributed by atoms with E-state index in [-0.39, 0.29) is 23.4 Å². The van der Waals surface area contributed by atoms with Crippen molar-refractivity contribution in [1.29, 1.82) is 0 Å². The van der Waals surface area contributed by atoms with E-state index in [1.165, 1.54) is 24.3 Å². The maximum Gasteiger partial charge on any atom is 0.251 e. The second-order valence-electron chi connectivity index (χ2n) is 5.45. The Bertz CT molecular complexity index is 582. The normalized spacial score (nSPS) is 13.1. The van der Waals surface area contributed by atoms with E-state index in [1.54, 1.807) is 13.8 Å². The van der Waals surface area contributed by atoms with Gasteiger partial charge in [-0.2, -0.15) is 0 Å². The van der Waals surface area contributed by atoms with Crippen LogP contribution in [0.25, 0.3) is 0 Å². The Balaban J connectivity index is 2.70. The molecule has 0 saturated heterocycles. The molecule has 0 aromatic heterocycles. The number of hydrogen-bond acceptors (Lipinski definition) is 4. The summed E-state index contributed by atoms with van der Waals surface area (Å²) in [6, 6.07) is 5.49. The third-order valence-corrected chi connectivity index (χ3v) is 4.61. The molecule has 0 saturated carbocycles. The first-order chi connectivity index (χ1) is 10.3. The van der Waals surface area contributed by atoms with Gasteiger partial charge in [0.05, 0.1) is 11.0 Å². The molecule has 1 aromatic rings. The lowest BCUT2D eigenvalue weighted by Crippen LogP contribution is -2.32. The Morgan fingerprint density at radius 2 is 1.82 bits per heavy atom. The lowest BCUT2D eigenvalue weighted by atomic mass is 10.2. The topological polar surface area (TPSA) is 95.5 Å². The molecule has 1 aromatic carbocycles. The summed E-state index contributed by atoms with van der Waals surface area (Å²) in [4.78, 5) is 12.0. The van der Waals surface area contributed by atoms with Gasteiger partial charge in [0.15, 0.2) is 0 Å². The zero-order valence-electron chi connectivity index (χ0n) is 13.2. The Hall–Kier alpha value is -1.44. The summed E-state index contributed by atoms with van der Waals surface area (Å²) in [6.07, 6.45) is 0.897. The fourth-order valence-corrected chi connectivity index (χ4v) is 3.16. The fourth-order valence-electron chi connectivity index (χ4n) is 1.91. The monoisotopic (exact) mass is 328 g/mol. The summed E-state index contributed by atoms with van der Waals surface area (Å²) in [5.74, 6) is -0.337. The Kier molecular flexibility index (Phi) is 6.99. The van der Waals surface area contributed by atoms with Gasteiger partial charge in [-0.25, -0.2) is 13.1 Å². The summed E-state index contributed by atoms with van der Waals surface area (Å²) in [6.45, 7) is 5.61. The quantitative estimate of drug-likeness (QED) is 0.669. The first kappa shape index (κ1) is 18.6. The summed E-state index contributed by atoms with van der Waals surface area (Å²) >= 11 is 0. The first-order valence-electron chi connectivity index (χ1n) is 7.35. The number of benzene rings is 1. The van der Waals surface area contributed by atoms with Gasteiger partial charge < -0.3 is 10.4 Å². The lowest BCUT2D eigenvalue weighted by molar-refractivity contribution is 0.0910. The number of sulfonamides is 1. The van der Waals surface area contributed by atoms with E-state index >= 15 is 0 Å². The van der Waals surface area contributed by atoms with Gasteiger partial charge in [-0.15, -0.1) is 0 Å². The van der Waals surface area contributed by atoms with E-state index in [9.17, 15) is 18.3 Å². The maximum atomic E-state index is 12.0. The SMILES string of the molecule is CCC[C@H](O)CNC(=O)c1ccc(S(=O)(=O)NC(C)C)cc1. The number of carbonyl (C=O) groups is 1. The number of rotatable bonds is 8. The zero-order chi connectivity index (χ0) is 16.8. The number of hydrogen-bond donors (Lipinski definition) is 3. The van der Waals surface area contributed by atoms with Crippen molar-refractivity contribution in [3.63, 3.8) is 0 Å². The molecule has 0 aliphatic heterocycles. The van der Waals surface area contributed by atoms with Gasteiger partial charge in [-0.3, -0.25) is 4.79 Å². The Morgan fingerprint density at radius 1 is 1.23 bits per heavy atom. The molecular formula is C15H24N2O4S. The third kappa shape index (κ3) is 5.75. The van der Waals surface area contributed by atoms with Crippen LogP contribution in [0.15, 0.2) is 29.2 Å². The minimum Gasteiger partial charge on any atom is -0.391 e. The molecule has 0 unspecified atom stereocenters. The van der Waals surface area contributed by atoms with Gasteiger partial charge in [0.1, 0.15) is 0 Å². The number of nitrogens with one attached hydrogen (secondary N) is 2. The van der Waals surface area contributed by atoms with E-state index in [4.69, 9.17) is 0 Å². The van der Waals surface area contributed by atoms with Crippen molar-refractivity contribution in [3.05, 3.63) is 29.8 Å². The predicted octanol–water partition coefficient (Wildman–Crippen LogP) is 1.26. The molecule has 3 N–H and O–H groups in total. The van der Waals surface area contributed by atoms with Crippen molar-refractivity contribution in [2.45, 2.75) is 50.7 Å². The molecule has 0 radical (unpaired) electrons. The highest BCUT2D eigenvalue weighted by molar-refractivity contribution is 7.89. The second-order valence-corrected chi connectivity index (χ2v) is 7.17. The zero-order valence-corrected chi connectivity index (χ0v) is 14.0. The third-order valence-electron chi connectivity index (χ3n) is 2.94. The van der Waals surface area contributed by atoms with Gasteiger partial charge in [-0.1, -0.05) is 13.3 Å². The highest BCUT2D eigenvalue weighted by atomic mass is 32.2. The average Bonchev–Trinajstić information content (AvgIpc) is 2.44. The summed E-state index contributed by atoms with van der Waals surface area (Å²) in [5.41, 5.74) is 0.354. The molecule has 6 nitrogen and oxygen atoms in total. The molecule has 1 amide bonds. The van der Waals surface area contributed by atoms with Crippen LogP contribution in [-0.2, 0) is 10.0 Å². The molecule has 7 heteroatoms. The molecule has 0 aliphatic rings. The van der Waals surface area contributed by atoms with Crippen LogP contribution < -0.4 is 10.0 Å². The number of aliphatic hydroxyl groups is 1. The van der Waals surface area contributed by atoms with Crippen LogP contribution >= 0.6 is 0 Å². The van der Waals surface area contributed by atoms with Crippen molar-refractivity contribution >= 4 is 15.9 Å².